The predicted molar refractivity (Wildman–Crippen MR) is 57.1 cm³/mol. The molecule has 1 aliphatic rings. The minimum atomic E-state index is -0.847. The summed E-state index contributed by atoms with van der Waals surface area (Å²) >= 11 is 0. The van der Waals surface area contributed by atoms with Gasteiger partial charge in [0, 0.05) is 12.7 Å². The molecule has 1 aromatic carbocycles. The number of amides is 1. The number of ether oxygens (including phenoxy) is 2. The second kappa shape index (κ2) is 4.11. The molecule has 1 N–H and O–H groups in total. The van der Waals surface area contributed by atoms with Crippen LogP contribution in [0.2, 0.25) is 0 Å². The SMILES string of the molecule is COC(=O)N1c2ccccc2C(O)C1OC. The fourth-order valence-corrected chi connectivity index (χ4v) is 1.92. The van der Waals surface area contributed by atoms with Gasteiger partial charge in [-0.15, -0.1) is 0 Å². The number of nitrogens with zero attached hydrogens (tertiary/aromatic N) is 1. The summed E-state index contributed by atoms with van der Waals surface area (Å²) in [5, 5.41) is 9.98. The van der Waals surface area contributed by atoms with Crippen molar-refractivity contribution in [1.82, 2.24) is 0 Å². The van der Waals surface area contributed by atoms with E-state index in [1.165, 1.54) is 19.1 Å². The topological polar surface area (TPSA) is 59.0 Å². The molecular weight excluding hydrogens is 210 g/mol. The average Bonchev–Trinajstić information content (AvgIpc) is 2.62. The predicted octanol–water partition coefficient (Wildman–Crippen LogP) is 1.28. The van der Waals surface area contributed by atoms with Gasteiger partial charge in [-0.3, -0.25) is 0 Å². The van der Waals surface area contributed by atoms with E-state index in [1.54, 1.807) is 24.3 Å². The Morgan fingerprint density at radius 3 is 2.69 bits per heavy atom. The number of hydrogen-bond donors (Lipinski definition) is 1. The Morgan fingerprint density at radius 2 is 2.06 bits per heavy atom. The molecule has 5 heteroatoms. The molecule has 0 fully saturated rings. The van der Waals surface area contributed by atoms with Crippen LogP contribution in [0, 0.1) is 0 Å². The summed E-state index contributed by atoms with van der Waals surface area (Å²) in [6.07, 6.45) is -2.12. The molecule has 86 valence electrons. The molecule has 16 heavy (non-hydrogen) atoms. The zero-order valence-corrected chi connectivity index (χ0v) is 9.08. The van der Waals surface area contributed by atoms with Crippen LogP contribution in [-0.4, -0.2) is 31.6 Å². The lowest BCUT2D eigenvalue weighted by Gasteiger charge is -2.23. The van der Waals surface area contributed by atoms with Gasteiger partial charge in [-0.05, 0) is 6.07 Å². The lowest BCUT2D eigenvalue weighted by atomic mass is 10.1. The van der Waals surface area contributed by atoms with Crippen molar-refractivity contribution in [3.8, 4) is 0 Å². The van der Waals surface area contributed by atoms with Gasteiger partial charge in [-0.2, -0.15) is 0 Å². The Labute approximate surface area is 93.2 Å². The summed E-state index contributed by atoms with van der Waals surface area (Å²) in [6, 6.07) is 7.10. The first kappa shape index (κ1) is 10.9. The molecule has 1 heterocycles. The Hall–Kier alpha value is -1.59. The van der Waals surface area contributed by atoms with Crippen molar-refractivity contribution in [3.05, 3.63) is 29.8 Å². The van der Waals surface area contributed by atoms with Gasteiger partial charge in [0.2, 0.25) is 0 Å². The van der Waals surface area contributed by atoms with Crippen LogP contribution in [-0.2, 0) is 9.47 Å². The number of fused-ring (bicyclic) bond motifs is 1. The van der Waals surface area contributed by atoms with Crippen LogP contribution in [0.3, 0.4) is 0 Å². The number of methoxy groups -OCH3 is 2. The van der Waals surface area contributed by atoms with Crippen LogP contribution in [0.5, 0.6) is 0 Å². The number of carbonyl (C=O) groups excluding carboxylic acids is 1. The van der Waals surface area contributed by atoms with Crippen LogP contribution >= 0.6 is 0 Å². The van der Waals surface area contributed by atoms with E-state index < -0.39 is 18.4 Å². The summed E-state index contributed by atoms with van der Waals surface area (Å²) < 4.78 is 9.78. The van der Waals surface area contributed by atoms with Crippen molar-refractivity contribution in [2.24, 2.45) is 0 Å². The van der Waals surface area contributed by atoms with E-state index in [9.17, 15) is 9.90 Å². The number of benzene rings is 1. The summed E-state index contributed by atoms with van der Waals surface area (Å²) in [5.74, 6) is 0. The van der Waals surface area contributed by atoms with Crippen LogP contribution in [0.1, 0.15) is 11.7 Å². The van der Waals surface area contributed by atoms with E-state index in [-0.39, 0.29) is 0 Å². The molecule has 2 unspecified atom stereocenters. The maximum atomic E-state index is 11.6. The van der Waals surface area contributed by atoms with Gasteiger partial charge in [0.15, 0.2) is 6.23 Å². The summed E-state index contributed by atoms with van der Waals surface area (Å²) in [7, 11) is 2.73. The van der Waals surface area contributed by atoms with Crippen molar-refractivity contribution < 1.29 is 19.4 Å². The normalized spacial score (nSPS) is 23.1. The maximum absolute atomic E-state index is 11.6. The molecule has 0 aliphatic carbocycles. The van der Waals surface area contributed by atoms with Gasteiger partial charge in [-0.1, -0.05) is 18.2 Å². The quantitative estimate of drug-likeness (QED) is 0.779. The van der Waals surface area contributed by atoms with E-state index in [2.05, 4.69) is 4.74 Å². The second-order valence-corrected chi connectivity index (χ2v) is 3.47. The Bertz CT molecular complexity index is 407. The highest BCUT2D eigenvalue weighted by atomic mass is 16.6. The highest BCUT2D eigenvalue weighted by Crippen LogP contribution is 2.39. The number of anilines is 1. The van der Waals surface area contributed by atoms with Crippen molar-refractivity contribution in [2.45, 2.75) is 12.3 Å². The van der Waals surface area contributed by atoms with Crippen LogP contribution < -0.4 is 4.90 Å². The number of rotatable bonds is 1. The summed E-state index contributed by atoms with van der Waals surface area (Å²) in [4.78, 5) is 12.9. The summed E-state index contributed by atoms with van der Waals surface area (Å²) in [6.45, 7) is 0. The molecule has 0 saturated heterocycles. The number of carbonyl (C=O) groups is 1. The van der Waals surface area contributed by atoms with E-state index in [1.807, 2.05) is 0 Å². The fraction of sp³-hybridized carbons (Fsp3) is 0.364. The van der Waals surface area contributed by atoms with E-state index in [0.29, 0.717) is 11.3 Å². The van der Waals surface area contributed by atoms with Gasteiger partial charge in [-0.25, -0.2) is 9.69 Å². The lowest BCUT2D eigenvalue weighted by molar-refractivity contribution is -0.00321. The minimum absolute atomic E-state index is 0.546. The Balaban J connectivity index is 2.46. The van der Waals surface area contributed by atoms with Crippen molar-refractivity contribution in [3.63, 3.8) is 0 Å². The Kier molecular flexibility index (Phi) is 2.80. The molecule has 1 aliphatic heterocycles. The molecule has 1 amide bonds. The van der Waals surface area contributed by atoms with Gasteiger partial charge in [0.25, 0.3) is 0 Å². The first-order valence-corrected chi connectivity index (χ1v) is 4.87. The molecule has 0 saturated carbocycles. The van der Waals surface area contributed by atoms with Gasteiger partial charge >= 0.3 is 6.09 Å². The molecule has 0 aromatic heterocycles. The third kappa shape index (κ3) is 1.45. The molecule has 0 bridgehead atoms. The smallest absolute Gasteiger partial charge is 0.416 e. The molecule has 0 spiro atoms. The third-order valence-corrected chi connectivity index (χ3v) is 2.65. The third-order valence-electron chi connectivity index (χ3n) is 2.65. The molecule has 5 nitrogen and oxygen atoms in total. The van der Waals surface area contributed by atoms with Gasteiger partial charge in [0.05, 0.1) is 12.8 Å². The zero-order valence-electron chi connectivity index (χ0n) is 9.08. The first-order valence-electron chi connectivity index (χ1n) is 4.87. The molecule has 1 aromatic rings. The van der Waals surface area contributed by atoms with Gasteiger partial charge < -0.3 is 14.6 Å². The lowest BCUT2D eigenvalue weighted by Crippen LogP contribution is -2.40. The highest BCUT2D eigenvalue weighted by molar-refractivity contribution is 5.91. The van der Waals surface area contributed by atoms with E-state index >= 15 is 0 Å². The van der Waals surface area contributed by atoms with E-state index in [0.717, 1.165) is 0 Å². The van der Waals surface area contributed by atoms with Crippen LogP contribution in [0.4, 0.5) is 10.5 Å². The number of hydrogen-bond acceptors (Lipinski definition) is 4. The van der Waals surface area contributed by atoms with Crippen molar-refractivity contribution in [1.29, 1.82) is 0 Å². The van der Waals surface area contributed by atoms with E-state index in [4.69, 9.17) is 4.74 Å². The Morgan fingerprint density at radius 1 is 1.38 bits per heavy atom. The zero-order chi connectivity index (χ0) is 11.7. The van der Waals surface area contributed by atoms with Gasteiger partial charge in [0.1, 0.15) is 6.10 Å². The monoisotopic (exact) mass is 223 g/mol. The number of aliphatic hydroxyl groups is 1. The molecule has 0 radical (unpaired) electrons. The molecular formula is C11H13NO4. The number of para-hydroxylation sites is 1. The molecule has 2 rings (SSSR count). The highest BCUT2D eigenvalue weighted by Gasteiger charge is 2.41. The second-order valence-electron chi connectivity index (χ2n) is 3.47. The van der Waals surface area contributed by atoms with Crippen LogP contribution in [0.25, 0.3) is 0 Å². The van der Waals surface area contributed by atoms with Crippen molar-refractivity contribution in [2.75, 3.05) is 19.1 Å². The fourth-order valence-electron chi connectivity index (χ4n) is 1.92. The largest absolute Gasteiger partial charge is 0.452 e. The first-order chi connectivity index (χ1) is 7.70. The average molecular weight is 223 g/mol. The van der Waals surface area contributed by atoms with Crippen LogP contribution in [0.15, 0.2) is 24.3 Å². The molecule has 2 atom stereocenters. The van der Waals surface area contributed by atoms with Crippen molar-refractivity contribution >= 4 is 11.8 Å². The standard InChI is InChI=1S/C11H13NO4/c1-15-10-9(13)7-5-3-4-6-8(7)12(10)11(14)16-2/h3-6,9-10,13H,1-2H3. The number of aliphatic hydroxyl groups excluding tert-OH is 1. The maximum Gasteiger partial charge on any atom is 0.416 e. The summed E-state index contributed by atoms with van der Waals surface area (Å²) in [5.41, 5.74) is 1.29. The minimum Gasteiger partial charge on any atom is -0.452 e.